The summed E-state index contributed by atoms with van der Waals surface area (Å²) >= 11 is 0. The van der Waals surface area contributed by atoms with Crippen molar-refractivity contribution in [2.45, 2.75) is 0 Å². The van der Waals surface area contributed by atoms with Crippen LogP contribution in [0.5, 0.6) is 0 Å². The van der Waals surface area contributed by atoms with E-state index in [0.717, 1.165) is 26.2 Å². The Morgan fingerprint density at radius 2 is 2.14 bits per heavy atom. The Kier molecular flexibility index (Phi) is 4.69. The minimum Gasteiger partial charge on any atom is -0.338 e. The number of nitrogens with one attached hydrogen (secondary N) is 3. The van der Waals surface area contributed by atoms with E-state index in [-0.39, 0.29) is 6.03 Å². The molecule has 0 aliphatic carbocycles. The van der Waals surface area contributed by atoms with Gasteiger partial charge in [-0.3, -0.25) is 0 Å². The van der Waals surface area contributed by atoms with Gasteiger partial charge in [0.1, 0.15) is 0 Å². The second-order valence-corrected chi connectivity index (χ2v) is 3.96. The summed E-state index contributed by atoms with van der Waals surface area (Å²) in [6.07, 6.45) is 0. The third-order valence-corrected chi connectivity index (χ3v) is 2.26. The maximum atomic E-state index is 11.2. The van der Waals surface area contributed by atoms with E-state index >= 15 is 0 Å². The van der Waals surface area contributed by atoms with Crippen molar-refractivity contribution in [3.63, 3.8) is 0 Å². The fourth-order valence-electron chi connectivity index (χ4n) is 1.19. The monoisotopic (exact) mass is 200 g/mol. The van der Waals surface area contributed by atoms with Gasteiger partial charge in [0.25, 0.3) is 0 Å². The van der Waals surface area contributed by atoms with Crippen molar-refractivity contribution in [1.82, 2.24) is 20.9 Å². The summed E-state index contributed by atoms with van der Waals surface area (Å²) in [6.45, 7) is 4.40. The first-order chi connectivity index (χ1) is 6.68. The summed E-state index contributed by atoms with van der Waals surface area (Å²) in [4.78, 5) is 13.2. The van der Waals surface area contributed by atoms with E-state index in [0.29, 0.717) is 12.5 Å². The third kappa shape index (κ3) is 4.43. The van der Waals surface area contributed by atoms with Crippen molar-refractivity contribution < 1.29 is 4.79 Å². The van der Waals surface area contributed by atoms with Gasteiger partial charge in [-0.15, -0.1) is 0 Å². The van der Waals surface area contributed by atoms with Gasteiger partial charge in [-0.2, -0.15) is 0 Å². The molecule has 82 valence electrons. The van der Waals surface area contributed by atoms with E-state index in [2.05, 4.69) is 16.0 Å². The van der Waals surface area contributed by atoms with Crippen LogP contribution in [0.3, 0.4) is 0 Å². The average molecular weight is 200 g/mol. The number of carbonyl (C=O) groups is 1. The van der Waals surface area contributed by atoms with Gasteiger partial charge in [0, 0.05) is 38.6 Å². The fraction of sp³-hybridized carbons (Fsp3) is 0.889. The van der Waals surface area contributed by atoms with Crippen LogP contribution in [0.15, 0.2) is 0 Å². The lowest BCUT2D eigenvalue weighted by Gasteiger charge is -2.27. The van der Waals surface area contributed by atoms with Crippen LogP contribution in [-0.4, -0.2) is 57.8 Å². The average Bonchev–Trinajstić information content (AvgIpc) is 2.00. The zero-order valence-electron chi connectivity index (χ0n) is 8.97. The van der Waals surface area contributed by atoms with Crippen molar-refractivity contribution in [2.75, 3.05) is 46.8 Å². The quantitative estimate of drug-likeness (QED) is 0.537. The number of hydrogen-bond donors (Lipinski definition) is 3. The van der Waals surface area contributed by atoms with E-state index in [1.165, 1.54) is 0 Å². The molecule has 1 aliphatic heterocycles. The van der Waals surface area contributed by atoms with E-state index in [1.54, 1.807) is 0 Å². The van der Waals surface area contributed by atoms with Crippen LogP contribution in [0.1, 0.15) is 0 Å². The molecule has 1 rings (SSSR count). The number of likely N-dealkylation sites (N-methyl/N-ethyl adjacent to an activating group) is 1. The van der Waals surface area contributed by atoms with Crippen molar-refractivity contribution in [3.05, 3.63) is 0 Å². The molecule has 5 heteroatoms. The molecule has 1 aliphatic rings. The molecule has 5 nitrogen and oxygen atoms in total. The van der Waals surface area contributed by atoms with Gasteiger partial charge in [-0.25, -0.2) is 4.79 Å². The first-order valence-electron chi connectivity index (χ1n) is 5.05. The number of rotatable bonds is 5. The molecule has 0 atom stereocenters. The summed E-state index contributed by atoms with van der Waals surface area (Å²) in [5.74, 6) is 0.620. The van der Waals surface area contributed by atoms with Crippen LogP contribution >= 0.6 is 0 Å². The van der Waals surface area contributed by atoms with Gasteiger partial charge in [-0.1, -0.05) is 0 Å². The summed E-state index contributed by atoms with van der Waals surface area (Å²) in [5, 5.41) is 8.82. The van der Waals surface area contributed by atoms with Crippen molar-refractivity contribution in [3.8, 4) is 0 Å². The second kappa shape index (κ2) is 5.82. The maximum Gasteiger partial charge on any atom is 0.314 e. The van der Waals surface area contributed by atoms with Gasteiger partial charge in [0.05, 0.1) is 0 Å². The predicted molar refractivity (Wildman–Crippen MR) is 56.3 cm³/mol. The largest absolute Gasteiger partial charge is 0.338 e. The molecular weight excluding hydrogens is 180 g/mol. The van der Waals surface area contributed by atoms with E-state index in [1.807, 2.05) is 19.0 Å². The smallest absolute Gasteiger partial charge is 0.314 e. The second-order valence-electron chi connectivity index (χ2n) is 3.96. The van der Waals surface area contributed by atoms with E-state index < -0.39 is 0 Å². The lowest BCUT2D eigenvalue weighted by atomic mass is 10.0. The molecule has 14 heavy (non-hydrogen) atoms. The number of urea groups is 1. The van der Waals surface area contributed by atoms with Crippen LogP contribution in [0, 0.1) is 5.92 Å². The van der Waals surface area contributed by atoms with Gasteiger partial charge in [0.2, 0.25) is 0 Å². The minimum absolute atomic E-state index is 0.0567. The Morgan fingerprint density at radius 3 is 2.64 bits per heavy atom. The minimum atomic E-state index is -0.0567. The van der Waals surface area contributed by atoms with Crippen LogP contribution < -0.4 is 16.0 Å². The molecule has 0 aromatic heterocycles. The summed E-state index contributed by atoms with van der Waals surface area (Å²) < 4.78 is 0. The molecule has 2 amide bonds. The Balaban J connectivity index is 1.92. The molecule has 1 fully saturated rings. The molecule has 0 unspecified atom stereocenters. The summed E-state index contributed by atoms with van der Waals surface area (Å²) in [5.41, 5.74) is 0. The topological polar surface area (TPSA) is 56.4 Å². The third-order valence-electron chi connectivity index (χ3n) is 2.26. The van der Waals surface area contributed by atoms with E-state index in [4.69, 9.17) is 0 Å². The summed E-state index contributed by atoms with van der Waals surface area (Å²) in [6, 6.07) is -0.0567. The van der Waals surface area contributed by atoms with E-state index in [9.17, 15) is 4.79 Å². The predicted octanol–water partition coefficient (Wildman–Crippen LogP) is -0.933. The Hall–Kier alpha value is -0.810. The highest BCUT2D eigenvalue weighted by Crippen LogP contribution is 1.99. The summed E-state index contributed by atoms with van der Waals surface area (Å²) in [7, 11) is 3.97. The SMILES string of the molecule is CN(C)CCNC(=O)NCC1CNC1. The highest BCUT2D eigenvalue weighted by atomic mass is 16.2. The van der Waals surface area contributed by atoms with Crippen LogP contribution in [0.25, 0.3) is 0 Å². The Labute approximate surface area is 85.2 Å². The van der Waals surface area contributed by atoms with Crippen molar-refractivity contribution >= 4 is 6.03 Å². The molecule has 0 radical (unpaired) electrons. The molecule has 0 spiro atoms. The lowest BCUT2D eigenvalue weighted by Crippen LogP contribution is -2.50. The van der Waals surface area contributed by atoms with Crippen molar-refractivity contribution in [2.24, 2.45) is 5.92 Å². The fourth-order valence-corrected chi connectivity index (χ4v) is 1.19. The highest BCUT2D eigenvalue weighted by molar-refractivity contribution is 5.73. The number of amides is 2. The van der Waals surface area contributed by atoms with Gasteiger partial charge in [-0.05, 0) is 14.1 Å². The molecule has 1 saturated heterocycles. The van der Waals surface area contributed by atoms with Crippen LogP contribution in [0.4, 0.5) is 4.79 Å². The molecule has 0 aromatic rings. The van der Waals surface area contributed by atoms with Gasteiger partial charge >= 0.3 is 6.03 Å². The zero-order valence-corrected chi connectivity index (χ0v) is 8.97. The van der Waals surface area contributed by atoms with Gasteiger partial charge < -0.3 is 20.9 Å². The number of nitrogens with zero attached hydrogens (tertiary/aromatic N) is 1. The molecule has 0 bridgehead atoms. The standard InChI is InChI=1S/C9H20N4O/c1-13(2)4-3-11-9(14)12-7-8-5-10-6-8/h8,10H,3-7H2,1-2H3,(H2,11,12,14). The zero-order chi connectivity index (χ0) is 10.4. The van der Waals surface area contributed by atoms with Crippen LogP contribution in [0.2, 0.25) is 0 Å². The Morgan fingerprint density at radius 1 is 1.43 bits per heavy atom. The molecule has 1 heterocycles. The number of carbonyl (C=O) groups excluding carboxylic acids is 1. The first kappa shape index (κ1) is 11.3. The van der Waals surface area contributed by atoms with Crippen LogP contribution in [-0.2, 0) is 0 Å². The normalized spacial score (nSPS) is 16.5. The molecular formula is C9H20N4O. The molecule has 0 saturated carbocycles. The molecule has 3 N–H and O–H groups in total. The lowest BCUT2D eigenvalue weighted by molar-refractivity contribution is 0.234. The molecule has 0 aromatic carbocycles. The Bertz CT molecular complexity index is 180. The maximum absolute atomic E-state index is 11.2. The van der Waals surface area contributed by atoms with Crippen molar-refractivity contribution in [1.29, 1.82) is 0 Å². The number of hydrogen-bond acceptors (Lipinski definition) is 3. The highest BCUT2D eigenvalue weighted by Gasteiger charge is 2.16. The van der Waals surface area contributed by atoms with Gasteiger partial charge in [0.15, 0.2) is 0 Å². The first-order valence-corrected chi connectivity index (χ1v) is 5.05.